The molecule has 4 rings (SSSR count). The van der Waals surface area contributed by atoms with E-state index >= 15 is 0 Å². The quantitative estimate of drug-likeness (QED) is 0.593. The van der Waals surface area contributed by atoms with Crippen molar-refractivity contribution in [1.82, 2.24) is 15.1 Å². The molecule has 1 saturated heterocycles. The number of methoxy groups -OCH3 is 3. The van der Waals surface area contributed by atoms with E-state index in [-0.39, 0.29) is 6.03 Å². The molecule has 0 atom stereocenters. The molecule has 8 nitrogen and oxygen atoms in total. The van der Waals surface area contributed by atoms with Gasteiger partial charge in [-0.25, -0.2) is 4.79 Å². The molecule has 1 aliphatic rings. The van der Waals surface area contributed by atoms with Crippen LogP contribution in [0.5, 0.6) is 17.2 Å². The Balaban J connectivity index is 1.35. The number of carbonyl (C=O) groups is 1. The van der Waals surface area contributed by atoms with Gasteiger partial charge in [-0.3, -0.25) is 5.10 Å². The van der Waals surface area contributed by atoms with Gasteiger partial charge in [0.05, 0.1) is 27.0 Å². The van der Waals surface area contributed by atoms with E-state index in [0.717, 1.165) is 35.5 Å². The van der Waals surface area contributed by atoms with E-state index in [9.17, 15) is 4.79 Å². The van der Waals surface area contributed by atoms with Crippen molar-refractivity contribution in [3.8, 4) is 28.5 Å². The van der Waals surface area contributed by atoms with Crippen molar-refractivity contribution >= 4 is 11.7 Å². The first kappa shape index (κ1) is 21.5. The lowest BCUT2D eigenvalue weighted by molar-refractivity contribution is 0.194. The molecule has 1 aliphatic heterocycles. The van der Waals surface area contributed by atoms with E-state index < -0.39 is 0 Å². The number of urea groups is 1. The Bertz CT molecular complexity index is 1070. The number of amides is 2. The monoisotopic (exact) mass is 436 g/mol. The molecule has 168 valence electrons. The predicted molar refractivity (Wildman–Crippen MR) is 123 cm³/mol. The van der Waals surface area contributed by atoms with Crippen molar-refractivity contribution in [2.75, 3.05) is 39.7 Å². The summed E-state index contributed by atoms with van der Waals surface area (Å²) in [6, 6.07) is 15.2. The van der Waals surface area contributed by atoms with Crippen LogP contribution in [0.15, 0.2) is 48.5 Å². The van der Waals surface area contributed by atoms with E-state index in [2.05, 4.69) is 21.6 Å². The molecule has 1 aromatic heterocycles. The first-order valence-corrected chi connectivity index (χ1v) is 10.6. The minimum Gasteiger partial charge on any atom is -0.497 e. The van der Waals surface area contributed by atoms with Crippen molar-refractivity contribution < 1.29 is 19.0 Å². The molecule has 0 bridgehead atoms. The number of aromatic nitrogens is 2. The Kier molecular flexibility index (Phi) is 6.49. The molecule has 8 heteroatoms. The third-order valence-corrected chi connectivity index (χ3v) is 5.82. The number of likely N-dealkylation sites (tertiary alicyclic amines) is 1. The molecule has 2 aromatic carbocycles. The van der Waals surface area contributed by atoms with E-state index in [1.807, 2.05) is 29.2 Å². The van der Waals surface area contributed by atoms with Gasteiger partial charge in [-0.1, -0.05) is 12.1 Å². The second kappa shape index (κ2) is 9.64. The van der Waals surface area contributed by atoms with Crippen LogP contribution in [0.4, 0.5) is 10.5 Å². The molecular formula is C24H28N4O4. The number of hydrogen-bond acceptors (Lipinski definition) is 5. The Hall–Kier alpha value is -3.68. The molecule has 2 amide bonds. The van der Waals surface area contributed by atoms with Crippen LogP contribution >= 0.6 is 0 Å². The summed E-state index contributed by atoms with van der Waals surface area (Å²) < 4.78 is 15.9. The van der Waals surface area contributed by atoms with Gasteiger partial charge < -0.3 is 24.4 Å². The van der Waals surface area contributed by atoms with Crippen LogP contribution in [0.1, 0.15) is 24.5 Å². The number of benzene rings is 2. The van der Waals surface area contributed by atoms with Gasteiger partial charge in [-0.2, -0.15) is 5.10 Å². The molecule has 0 unspecified atom stereocenters. The van der Waals surface area contributed by atoms with E-state index in [1.54, 1.807) is 39.5 Å². The Labute approximate surface area is 187 Å². The number of rotatable bonds is 6. The van der Waals surface area contributed by atoms with Crippen LogP contribution in [-0.4, -0.2) is 55.5 Å². The fraction of sp³-hybridized carbons (Fsp3) is 0.333. The lowest BCUT2D eigenvalue weighted by Gasteiger charge is -2.31. The molecule has 3 aromatic rings. The van der Waals surface area contributed by atoms with Crippen molar-refractivity contribution in [2.24, 2.45) is 0 Å². The number of carbonyl (C=O) groups excluding carboxylic acids is 1. The minimum atomic E-state index is -0.114. The van der Waals surface area contributed by atoms with Crippen molar-refractivity contribution in [1.29, 1.82) is 0 Å². The summed E-state index contributed by atoms with van der Waals surface area (Å²) in [7, 11) is 4.81. The van der Waals surface area contributed by atoms with E-state index in [1.165, 1.54) is 0 Å². The van der Waals surface area contributed by atoms with Crippen LogP contribution in [0.2, 0.25) is 0 Å². The number of ether oxygens (including phenoxy) is 3. The Morgan fingerprint density at radius 1 is 1.00 bits per heavy atom. The number of nitrogens with one attached hydrogen (secondary N) is 2. The van der Waals surface area contributed by atoms with Gasteiger partial charge in [0.1, 0.15) is 5.75 Å². The van der Waals surface area contributed by atoms with Crippen molar-refractivity contribution in [2.45, 2.75) is 18.8 Å². The van der Waals surface area contributed by atoms with Gasteiger partial charge in [0.15, 0.2) is 11.5 Å². The fourth-order valence-electron chi connectivity index (χ4n) is 3.99. The summed E-state index contributed by atoms with van der Waals surface area (Å²) in [6.45, 7) is 1.36. The highest BCUT2D eigenvalue weighted by atomic mass is 16.5. The van der Waals surface area contributed by atoms with Gasteiger partial charge in [0, 0.05) is 42.0 Å². The van der Waals surface area contributed by atoms with Crippen LogP contribution in [-0.2, 0) is 0 Å². The maximum Gasteiger partial charge on any atom is 0.321 e. The fourth-order valence-corrected chi connectivity index (χ4v) is 3.99. The number of nitrogens with zero attached hydrogens (tertiary/aromatic N) is 2. The topological polar surface area (TPSA) is 88.7 Å². The van der Waals surface area contributed by atoms with Gasteiger partial charge in [-0.15, -0.1) is 0 Å². The van der Waals surface area contributed by atoms with Gasteiger partial charge >= 0.3 is 6.03 Å². The highest BCUT2D eigenvalue weighted by Crippen LogP contribution is 2.32. The Morgan fingerprint density at radius 3 is 2.50 bits per heavy atom. The molecule has 0 aliphatic carbocycles. The van der Waals surface area contributed by atoms with E-state index in [0.29, 0.717) is 36.2 Å². The SMILES string of the molecule is COc1cccc(-c2cc(C3CCN(C(=O)Nc4ccc(OC)c(OC)c4)CC3)[nH]n2)c1. The standard InChI is InChI=1S/C24H28N4O4/c1-30-19-6-4-5-17(13-19)21-15-20(26-27-21)16-9-11-28(12-10-16)24(29)25-18-7-8-22(31-2)23(14-18)32-3/h4-8,13-16H,9-12H2,1-3H3,(H,25,29)(H,26,27). The predicted octanol–water partition coefficient (Wildman–Crippen LogP) is 4.51. The summed E-state index contributed by atoms with van der Waals surface area (Å²) >= 11 is 0. The largest absolute Gasteiger partial charge is 0.497 e. The summed E-state index contributed by atoms with van der Waals surface area (Å²) in [5.41, 5.74) is 3.68. The maximum atomic E-state index is 12.7. The Morgan fingerprint density at radius 2 is 1.78 bits per heavy atom. The summed E-state index contributed by atoms with van der Waals surface area (Å²) in [5, 5.41) is 10.6. The first-order valence-electron chi connectivity index (χ1n) is 10.6. The van der Waals surface area contributed by atoms with E-state index in [4.69, 9.17) is 14.2 Å². The zero-order valence-electron chi connectivity index (χ0n) is 18.6. The van der Waals surface area contributed by atoms with Crippen molar-refractivity contribution in [3.63, 3.8) is 0 Å². The third-order valence-electron chi connectivity index (χ3n) is 5.82. The molecule has 1 fully saturated rings. The second-order valence-corrected chi connectivity index (χ2v) is 7.70. The molecule has 32 heavy (non-hydrogen) atoms. The molecular weight excluding hydrogens is 408 g/mol. The summed E-state index contributed by atoms with van der Waals surface area (Å²) in [6.07, 6.45) is 1.75. The average Bonchev–Trinajstić information content (AvgIpc) is 3.34. The normalized spacial score (nSPS) is 14.2. The second-order valence-electron chi connectivity index (χ2n) is 7.70. The zero-order chi connectivity index (χ0) is 22.5. The highest BCUT2D eigenvalue weighted by molar-refractivity contribution is 5.89. The smallest absolute Gasteiger partial charge is 0.321 e. The zero-order valence-corrected chi connectivity index (χ0v) is 18.6. The first-order chi connectivity index (χ1) is 15.6. The lowest BCUT2D eigenvalue weighted by Crippen LogP contribution is -2.40. The number of hydrogen-bond donors (Lipinski definition) is 2. The summed E-state index contributed by atoms with van der Waals surface area (Å²) in [5.74, 6) is 2.35. The molecule has 2 heterocycles. The van der Waals surface area contributed by atoms with Crippen molar-refractivity contribution in [3.05, 3.63) is 54.2 Å². The number of aromatic amines is 1. The minimum absolute atomic E-state index is 0.114. The van der Waals surface area contributed by atoms with Crippen LogP contribution in [0.3, 0.4) is 0 Å². The van der Waals surface area contributed by atoms with Gasteiger partial charge in [0.2, 0.25) is 0 Å². The summed E-state index contributed by atoms with van der Waals surface area (Å²) in [4.78, 5) is 14.6. The highest BCUT2D eigenvalue weighted by Gasteiger charge is 2.25. The number of anilines is 1. The van der Waals surface area contributed by atoms with Gasteiger partial charge in [-0.05, 0) is 43.2 Å². The number of H-pyrrole nitrogens is 1. The lowest BCUT2D eigenvalue weighted by atomic mass is 9.93. The molecule has 0 saturated carbocycles. The van der Waals surface area contributed by atoms with Gasteiger partial charge in [0.25, 0.3) is 0 Å². The third kappa shape index (κ3) is 4.64. The van der Waals surface area contributed by atoms with Crippen LogP contribution in [0, 0.1) is 0 Å². The molecule has 0 spiro atoms. The average molecular weight is 437 g/mol. The maximum absolute atomic E-state index is 12.7. The molecule has 2 N–H and O–H groups in total. The molecule has 0 radical (unpaired) electrons. The van der Waals surface area contributed by atoms with Crippen LogP contribution in [0.25, 0.3) is 11.3 Å². The number of piperidine rings is 1. The van der Waals surface area contributed by atoms with Crippen LogP contribution < -0.4 is 19.5 Å².